The molecule has 0 aliphatic carbocycles. The van der Waals surface area contributed by atoms with Crippen LogP contribution in [0.3, 0.4) is 0 Å². The van der Waals surface area contributed by atoms with Crippen LogP contribution < -0.4 is 0 Å². The summed E-state index contributed by atoms with van der Waals surface area (Å²) in [5.74, 6) is -0.464. The van der Waals surface area contributed by atoms with Gasteiger partial charge in [0.25, 0.3) is 0 Å². The van der Waals surface area contributed by atoms with Gasteiger partial charge in [0.15, 0.2) is 5.79 Å². The number of alkyl halides is 2. The molecule has 0 saturated carbocycles. The third kappa shape index (κ3) is 1.86. The second kappa shape index (κ2) is 4.40. The monoisotopic (exact) mass is 300 g/mol. The average molecular weight is 302 g/mol. The number of rotatable bonds is 3. The zero-order valence-electron chi connectivity index (χ0n) is 7.35. The third-order valence-corrected chi connectivity index (χ3v) is 4.01. The Morgan fingerprint density at radius 3 is 2.17 bits per heavy atom. The van der Waals surface area contributed by atoms with Crippen molar-refractivity contribution in [2.75, 3.05) is 13.2 Å². The van der Waals surface area contributed by atoms with E-state index in [2.05, 4.69) is 45.7 Å². The summed E-state index contributed by atoms with van der Waals surface area (Å²) >= 11 is 7.10. The summed E-state index contributed by atoms with van der Waals surface area (Å²) < 4.78 is 11.3. The normalized spacial score (nSPS) is 27.0. The number of halogens is 2. The molecule has 1 heterocycles. The van der Waals surface area contributed by atoms with Gasteiger partial charge in [-0.05, 0) is 13.3 Å². The van der Waals surface area contributed by atoms with Crippen molar-refractivity contribution in [2.45, 2.75) is 35.7 Å². The van der Waals surface area contributed by atoms with Gasteiger partial charge in [-0.3, -0.25) is 0 Å². The lowest BCUT2D eigenvalue weighted by Crippen LogP contribution is -2.46. The first-order valence-corrected chi connectivity index (χ1v) is 6.02. The summed E-state index contributed by atoms with van der Waals surface area (Å²) in [6.45, 7) is 5.55. The molecule has 0 bridgehead atoms. The highest BCUT2D eigenvalue weighted by atomic mass is 79.9. The predicted molar refractivity (Wildman–Crippen MR) is 56.0 cm³/mol. The Morgan fingerprint density at radius 2 is 1.83 bits per heavy atom. The molecule has 0 N–H and O–H groups in total. The molecule has 2 unspecified atom stereocenters. The van der Waals surface area contributed by atoms with Gasteiger partial charge in [0.05, 0.1) is 22.9 Å². The van der Waals surface area contributed by atoms with Gasteiger partial charge in [0.2, 0.25) is 0 Å². The van der Waals surface area contributed by atoms with Crippen LogP contribution in [-0.4, -0.2) is 28.7 Å². The fourth-order valence-corrected chi connectivity index (χ4v) is 2.99. The Balaban J connectivity index is 2.71. The summed E-state index contributed by atoms with van der Waals surface area (Å²) in [5, 5.41) is 0. The van der Waals surface area contributed by atoms with Crippen molar-refractivity contribution in [3.8, 4) is 0 Å². The first-order valence-electron chi connectivity index (χ1n) is 4.19. The molecule has 0 radical (unpaired) electrons. The van der Waals surface area contributed by atoms with Crippen LogP contribution in [0.25, 0.3) is 0 Å². The predicted octanol–water partition coefficient (Wildman–Crippen LogP) is 2.69. The molecule has 12 heavy (non-hydrogen) atoms. The molecular weight excluding hydrogens is 288 g/mol. The van der Waals surface area contributed by atoms with Crippen LogP contribution in [0, 0.1) is 0 Å². The van der Waals surface area contributed by atoms with Crippen molar-refractivity contribution in [1.29, 1.82) is 0 Å². The van der Waals surface area contributed by atoms with Crippen LogP contribution in [0.1, 0.15) is 20.3 Å². The first kappa shape index (κ1) is 11.0. The minimum atomic E-state index is -0.464. The summed E-state index contributed by atoms with van der Waals surface area (Å²) in [6.07, 6.45) is 0.996. The molecule has 0 spiro atoms. The Kier molecular flexibility index (Phi) is 4.02. The van der Waals surface area contributed by atoms with Crippen molar-refractivity contribution in [3.05, 3.63) is 0 Å². The van der Waals surface area contributed by atoms with E-state index in [1.165, 1.54) is 0 Å². The maximum absolute atomic E-state index is 5.64. The zero-order valence-corrected chi connectivity index (χ0v) is 10.5. The molecule has 4 heteroatoms. The van der Waals surface area contributed by atoms with Gasteiger partial charge in [-0.15, -0.1) is 0 Å². The molecule has 72 valence electrons. The van der Waals surface area contributed by atoms with E-state index in [-0.39, 0.29) is 9.65 Å². The van der Waals surface area contributed by atoms with E-state index >= 15 is 0 Å². The van der Waals surface area contributed by atoms with Gasteiger partial charge in [-0.25, -0.2) is 0 Å². The SMILES string of the molecule is CCC(Br)C1(C(C)Br)OCCO1. The van der Waals surface area contributed by atoms with Gasteiger partial charge in [-0.2, -0.15) is 0 Å². The smallest absolute Gasteiger partial charge is 0.193 e. The van der Waals surface area contributed by atoms with Gasteiger partial charge < -0.3 is 9.47 Å². The maximum atomic E-state index is 5.64. The molecule has 2 atom stereocenters. The van der Waals surface area contributed by atoms with Gasteiger partial charge in [0, 0.05) is 0 Å². The molecule has 2 nitrogen and oxygen atoms in total. The maximum Gasteiger partial charge on any atom is 0.193 e. The zero-order chi connectivity index (χ0) is 9.19. The van der Waals surface area contributed by atoms with E-state index in [4.69, 9.17) is 9.47 Å². The van der Waals surface area contributed by atoms with Crippen LogP contribution in [0.4, 0.5) is 0 Å². The lowest BCUT2D eigenvalue weighted by Gasteiger charge is -2.34. The Morgan fingerprint density at radius 1 is 1.33 bits per heavy atom. The number of ether oxygens (including phenoxy) is 2. The van der Waals surface area contributed by atoms with E-state index in [0.717, 1.165) is 6.42 Å². The van der Waals surface area contributed by atoms with Crippen molar-refractivity contribution in [2.24, 2.45) is 0 Å². The largest absolute Gasteiger partial charge is 0.345 e. The minimum Gasteiger partial charge on any atom is -0.345 e. The summed E-state index contributed by atoms with van der Waals surface area (Å²) in [5.41, 5.74) is 0. The highest BCUT2D eigenvalue weighted by Gasteiger charge is 2.46. The van der Waals surface area contributed by atoms with Crippen molar-refractivity contribution in [1.82, 2.24) is 0 Å². The molecule has 1 aliphatic heterocycles. The van der Waals surface area contributed by atoms with Crippen molar-refractivity contribution in [3.63, 3.8) is 0 Å². The Labute approximate surface area is 90.3 Å². The Bertz CT molecular complexity index is 144. The highest BCUT2D eigenvalue weighted by Crippen LogP contribution is 2.36. The van der Waals surface area contributed by atoms with E-state index in [1.54, 1.807) is 0 Å². The molecule has 0 aromatic rings. The fourth-order valence-electron chi connectivity index (χ4n) is 1.39. The molecule has 0 aromatic carbocycles. The second-order valence-corrected chi connectivity index (χ2v) is 5.39. The second-order valence-electron chi connectivity index (χ2n) is 2.91. The van der Waals surface area contributed by atoms with E-state index in [9.17, 15) is 0 Å². The van der Waals surface area contributed by atoms with Gasteiger partial charge in [0.1, 0.15) is 0 Å². The third-order valence-electron chi connectivity index (χ3n) is 2.09. The summed E-state index contributed by atoms with van der Waals surface area (Å²) in [7, 11) is 0. The quantitative estimate of drug-likeness (QED) is 0.746. The van der Waals surface area contributed by atoms with E-state index in [0.29, 0.717) is 13.2 Å². The average Bonchev–Trinajstić information content (AvgIpc) is 2.52. The van der Waals surface area contributed by atoms with E-state index in [1.807, 2.05) is 0 Å². The summed E-state index contributed by atoms with van der Waals surface area (Å²) in [4.78, 5) is 0.457. The molecule has 1 rings (SSSR count). The van der Waals surface area contributed by atoms with Crippen LogP contribution in [0.15, 0.2) is 0 Å². The lowest BCUT2D eigenvalue weighted by atomic mass is 10.1. The molecule has 1 saturated heterocycles. The molecule has 1 aliphatic rings. The number of hydrogen-bond acceptors (Lipinski definition) is 2. The molecular formula is C8H14Br2O2. The molecule has 0 amide bonds. The minimum absolute atomic E-state index is 0.205. The van der Waals surface area contributed by atoms with Crippen molar-refractivity contribution >= 4 is 31.9 Å². The fraction of sp³-hybridized carbons (Fsp3) is 1.00. The van der Waals surface area contributed by atoms with Gasteiger partial charge in [-0.1, -0.05) is 38.8 Å². The van der Waals surface area contributed by atoms with Crippen LogP contribution >= 0.6 is 31.9 Å². The van der Waals surface area contributed by atoms with Crippen LogP contribution in [-0.2, 0) is 9.47 Å². The highest BCUT2D eigenvalue weighted by molar-refractivity contribution is 9.10. The number of hydrogen-bond donors (Lipinski definition) is 0. The lowest BCUT2D eigenvalue weighted by molar-refractivity contribution is -0.151. The van der Waals surface area contributed by atoms with Crippen molar-refractivity contribution < 1.29 is 9.47 Å². The van der Waals surface area contributed by atoms with Gasteiger partial charge >= 0.3 is 0 Å². The topological polar surface area (TPSA) is 18.5 Å². The first-order chi connectivity index (χ1) is 5.63. The molecule has 1 fully saturated rings. The van der Waals surface area contributed by atoms with Crippen LogP contribution in [0.2, 0.25) is 0 Å². The molecule has 0 aromatic heterocycles. The summed E-state index contributed by atoms with van der Waals surface area (Å²) in [6, 6.07) is 0. The standard InChI is InChI=1S/C8H14Br2O2/c1-3-7(10)8(6(2)9)11-4-5-12-8/h6-7H,3-5H2,1-2H3. The van der Waals surface area contributed by atoms with Crippen LogP contribution in [0.5, 0.6) is 0 Å². The Hall–Kier alpha value is 0.880. The van der Waals surface area contributed by atoms with E-state index < -0.39 is 5.79 Å².